The topological polar surface area (TPSA) is 54.4 Å². The molecular weight excluding hydrogens is 360 g/mol. The Kier molecular flexibility index (Phi) is 5.08. The Morgan fingerprint density at radius 3 is 2.74 bits per heavy atom. The molecule has 4 nitrogen and oxygen atoms in total. The summed E-state index contributed by atoms with van der Waals surface area (Å²) in [5, 5.41) is 16.1. The van der Waals surface area contributed by atoms with Crippen molar-refractivity contribution in [3.8, 4) is 5.75 Å². The monoisotopic (exact) mass is 388 g/mol. The molecule has 27 heavy (non-hydrogen) atoms. The maximum absolute atomic E-state index is 11.0. The number of nitrogens with one attached hydrogen (secondary N) is 1. The minimum absolute atomic E-state index is 0.171. The van der Waals surface area contributed by atoms with Crippen molar-refractivity contribution in [1.82, 2.24) is 10.3 Å². The van der Waals surface area contributed by atoms with Crippen molar-refractivity contribution in [3.63, 3.8) is 0 Å². The molecule has 0 radical (unpaired) electrons. The van der Waals surface area contributed by atoms with Crippen LogP contribution in [0.2, 0.25) is 5.15 Å². The van der Waals surface area contributed by atoms with Gasteiger partial charge in [-0.1, -0.05) is 37.3 Å². The Labute approximate surface area is 166 Å². The van der Waals surface area contributed by atoms with E-state index in [1.165, 1.54) is 25.7 Å². The highest BCUT2D eigenvalue weighted by Crippen LogP contribution is 2.42. The third kappa shape index (κ3) is 3.67. The predicted molar refractivity (Wildman–Crippen MR) is 110 cm³/mol. The van der Waals surface area contributed by atoms with Gasteiger partial charge in [0.1, 0.15) is 22.6 Å². The van der Waals surface area contributed by atoms with Crippen molar-refractivity contribution < 1.29 is 9.84 Å². The summed E-state index contributed by atoms with van der Waals surface area (Å²) in [6.45, 7) is 6.83. The summed E-state index contributed by atoms with van der Waals surface area (Å²) in [6, 6.07) is 5.77. The molecule has 2 atom stereocenters. The van der Waals surface area contributed by atoms with E-state index >= 15 is 0 Å². The number of rotatable bonds is 4. The van der Waals surface area contributed by atoms with Gasteiger partial charge in [0.05, 0.1) is 11.6 Å². The zero-order chi connectivity index (χ0) is 19.2. The van der Waals surface area contributed by atoms with Gasteiger partial charge < -0.3 is 15.2 Å². The van der Waals surface area contributed by atoms with Gasteiger partial charge in [-0.3, -0.25) is 0 Å². The standard InChI is InChI=1S/C22H29ClN2O2/c1-13-10-19(23)25-17-11-16-18(12-15(13)17)27-22(2,3)21(26)20(16)24-9-8-14-6-4-5-7-14/h10-12,14,20-21,24,26H,4-9H2,1-3H3. The number of aliphatic hydroxyl groups excluding tert-OH is 1. The zero-order valence-corrected chi connectivity index (χ0v) is 17.1. The molecule has 1 aromatic heterocycles. The fourth-order valence-electron chi connectivity index (χ4n) is 4.61. The van der Waals surface area contributed by atoms with Crippen LogP contribution in [0.4, 0.5) is 0 Å². The number of hydrogen-bond donors (Lipinski definition) is 2. The van der Waals surface area contributed by atoms with E-state index in [4.69, 9.17) is 16.3 Å². The molecule has 4 rings (SSSR count). The van der Waals surface area contributed by atoms with E-state index in [2.05, 4.69) is 10.3 Å². The number of hydrogen-bond acceptors (Lipinski definition) is 4. The number of aromatic nitrogens is 1. The first-order valence-electron chi connectivity index (χ1n) is 10.1. The van der Waals surface area contributed by atoms with Crippen LogP contribution in [0.3, 0.4) is 0 Å². The molecule has 1 aliphatic carbocycles. The van der Waals surface area contributed by atoms with Gasteiger partial charge in [-0.15, -0.1) is 0 Å². The van der Waals surface area contributed by atoms with Crippen molar-refractivity contribution in [2.45, 2.75) is 70.6 Å². The van der Waals surface area contributed by atoms with Gasteiger partial charge in [-0.25, -0.2) is 4.98 Å². The second-order valence-electron chi connectivity index (χ2n) is 8.69. The summed E-state index contributed by atoms with van der Waals surface area (Å²) >= 11 is 6.17. The van der Waals surface area contributed by atoms with Gasteiger partial charge in [0, 0.05) is 10.9 Å². The number of benzene rings is 1. The van der Waals surface area contributed by atoms with Crippen molar-refractivity contribution in [1.29, 1.82) is 0 Å². The highest BCUT2D eigenvalue weighted by Gasteiger charge is 2.43. The number of fused-ring (bicyclic) bond motifs is 2. The zero-order valence-electron chi connectivity index (χ0n) is 16.4. The van der Waals surface area contributed by atoms with Crippen molar-refractivity contribution in [3.05, 3.63) is 34.5 Å². The SMILES string of the molecule is Cc1cc(Cl)nc2cc3c(cc12)OC(C)(C)C(O)C3NCCC1CCCC1. The molecular formula is C22H29ClN2O2. The van der Waals surface area contributed by atoms with Crippen LogP contribution in [0.25, 0.3) is 10.9 Å². The molecule has 5 heteroatoms. The van der Waals surface area contributed by atoms with Gasteiger partial charge in [-0.2, -0.15) is 0 Å². The summed E-state index contributed by atoms with van der Waals surface area (Å²) in [4.78, 5) is 4.48. The number of nitrogens with zero attached hydrogens (tertiary/aromatic N) is 1. The molecule has 2 N–H and O–H groups in total. The van der Waals surface area contributed by atoms with Gasteiger partial charge in [0.25, 0.3) is 0 Å². The Morgan fingerprint density at radius 1 is 1.26 bits per heavy atom. The number of halogens is 1. The van der Waals surface area contributed by atoms with Gasteiger partial charge in [-0.05, 0) is 63.4 Å². The molecule has 0 amide bonds. The third-order valence-corrected chi connectivity index (χ3v) is 6.44. The lowest BCUT2D eigenvalue weighted by Gasteiger charge is -2.42. The lowest BCUT2D eigenvalue weighted by molar-refractivity contribution is -0.0644. The van der Waals surface area contributed by atoms with Crippen molar-refractivity contribution >= 4 is 22.5 Å². The molecule has 2 aliphatic rings. The number of pyridine rings is 1. The fourth-order valence-corrected chi connectivity index (χ4v) is 4.86. The van der Waals surface area contributed by atoms with Crippen LogP contribution in [-0.2, 0) is 0 Å². The van der Waals surface area contributed by atoms with Crippen LogP contribution >= 0.6 is 11.6 Å². The molecule has 2 unspecified atom stereocenters. The Hall–Kier alpha value is -1.36. The van der Waals surface area contributed by atoms with Crippen LogP contribution in [0.1, 0.15) is 63.1 Å². The van der Waals surface area contributed by atoms with E-state index in [1.807, 2.05) is 39.0 Å². The van der Waals surface area contributed by atoms with E-state index in [0.717, 1.165) is 46.7 Å². The van der Waals surface area contributed by atoms with E-state index in [9.17, 15) is 5.11 Å². The van der Waals surface area contributed by atoms with Gasteiger partial charge in [0.15, 0.2) is 0 Å². The van der Waals surface area contributed by atoms with E-state index in [0.29, 0.717) is 5.15 Å². The molecule has 146 valence electrons. The Morgan fingerprint density at radius 2 is 2.00 bits per heavy atom. The lowest BCUT2D eigenvalue weighted by Crippen LogP contribution is -2.52. The minimum atomic E-state index is -0.653. The maximum Gasteiger partial charge on any atom is 0.131 e. The summed E-state index contributed by atoms with van der Waals surface area (Å²) in [6.07, 6.45) is 5.93. The largest absolute Gasteiger partial charge is 0.485 e. The van der Waals surface area contributed by atoms with Crippen LogP contribution in [0.5, 0.6) is 5.75 Å². The summed E-state index contributed by atoms with van der Waals surface area (Å²) in [5.74, 6) is 1.64. The number of aliphatic hydroxyl groups is 1. The summed E-state index contributed by atoms with van der Waals surface area (Å²) < 4.78 is 6.18. The molecule has 0 saturated heterocycles. The number of ether oxygens (including phenoxy) is 1. The summed E-state index contributed by atoms with van der Waals surface area (Å²) in [5.41, 5.74) is 2.23. The Bertz CT molecular complexity index is 846. The normalized spacial score (nSPS) is 24.8. The quantitative estimate of drug-likeness (QED) is 0.728. The average Bonchev–Trinajstić information content (AvgIpc) is 3.11. The Balaban J connectivity index is 1.67. The summed E-state index contributed by atoms with van der Waals surface area (Å²) in [7, 11) is 0. The predicted octanol–water partition coefficient (Wildman–Crippen LogP) is 4.94. The first kappa shape index (κ1) is 19.0. The van der Waals surface area contributed by atoms with Crippen LogP contribution in [-0.4, -0.2) is 28.3 Å². The maximum atomic E-state index is 11.0. The molecule has 1 aromatic carbocycles. The molecule has 1 saturated carbocycles. The molecule has 0 spiro atoms. The van der Waals surface area contributed by atoms with E-state index in [1.54, 1.807) is 0 Å². The molecule has 0 bridgehead atoms. The smallest absolute Gasteiger partial charge is 0.131 e. The van der Waals surface area contributed by atoms with Crippen molar-refractivity contribution in [2.24, 2.45) is 5.92 Å². The molecule has 1 aliphatic heterocycles. The van der Waals surface area contributed by atoms with Gasteiger partial charge >= 0.3 is 0 Å². The first-order chi connectivity index (χ1) is 12.8. The minimum Gasteiger partial charge on any atom is -0.485 e. The van der Waals surface area contributed by atoms with E-state index in [-0.39, 0.29) is 6.04 Å². The van der Waals surface area contributed by atoms with Crippen molar-refractivity contribution in [2.75, 3.05) is 6.54 Å². The fraction of sp³-hybridized carbons (Fsp3) is 0.591. The molecule has 2 heterocycles. The van der Waals surface area contributed by atoms with E-state index < -0.39 is 11.7 Å². The molecule has 2 aromatic rings. The average molecular weight is 389 g/mol. The highest BCUT2D eigenvalue weighted by atomic mass is 35.5. The van der Waals surface area contributed by atoms with Crippen LogP contribution in [0, 0.1) is 12.8 Å². The van der Waals surface area contributed by atoms with Crippen LogP contribution in [0.15, 0.2) is 18.2 Å². The lowest BCUT2D eigenvalue weighted by atomic mass is 9.85. The highest BCUT2D eigenvalue weighted by molar-refractivity contribution is 6.29. The first-order valence-corrected chi connectivity index (χ1v) is 10.4. The molecule has 1 fully saturated rings. The number of aryl methyl sites for hydroxylation is 1. The second-order valence-corrected chi connectivity index (χ2v) is 9.08. The third-order valence-electron chi connectivity index (χ3n) is 6.24. The van der Waals surface area contributed by atoms with Crippen LogP contribution < -0.4 is 10.1 Å². The second kappa shape index (κ2) is 7.23. The van der Waals surface area contributed by atoms with Gasteiger partial charge in [0.2, 0.25) is 0 Å².